The summed E-state index contributed by atoms with van der Waals surface area (Å²) in [5, 5.41) is 2.40. The maximum Gasteiger partial charge on any atom is 1.00 e. The Morgan fingerprint density at radius 2 is 1.22 bits per heavy atom. The standard InChI is InChI=1S/C33H37N5O6S.2Na.2H2O/c39-24-30-4-1-3-29(35-30)23-37-11-15-41-19-21-43-17-13-38(14-18-44-22-20-42-16-12-37)33(32-6-2-5-31(25-40)36-32)27-7-9-28(10-8-27)34-26-45;;;;/h1-10,33H,11-23H2;;;2*1H2/q-2;2*+1;;/p-2. The molecule has 3 aromatic rings. The van der Waals surface area contributed by atoms with Crippen molar-refractivity contribution in [2.45, 2.75) is 12.6 Å². The Hall–Kier alpha value is -1.66. The van der Waals surface area contributed by atoms with Gasteiger partial charge in [0, 0.05) is 51.0 Å². The summed E-state index contributed by atoms with van der Waals surface area (Å²) in [4.78, 5) is 39.8. The number of benzene rings is 1. The zero-order valence-corrected chi connectivity index (χ0v) is 32.8. The Morgan fingerprint density at radius 3 is 1.76 bits per heavy atom. The van der Waals surface area contributed by atoms with Gasteiger partial charge in [0.15, 0.2) is 0 Å². The van der Waals surface area contributed by atoms with Crippen LogP contribution < -0.4 is 59.1 Å². The molecule has 0 amide bonds. The third kappa shape index (κ3) is 16.9. The minimum absolute atomic E-state index is 0. The average Bonchev–Trinajstić information content (AvgIpc) is 3.07. The van der Waals surface area contributed by atoms with Crippen molar-refractivity contribution in [3.05, 3.63) is 89.0 Å². The third-order valence-corrected chi connectivity index (χ3v) is 7.19. The van der Waals surface area contributed by atoms with Crippen molar-refractivity contribution in [3.63, 3.8) is 0 Å². The number of hydrogen-bond donors (Lipinski definition) is 0. The SMILES string of the molecule is O=[C-]c1cccc(CN2CCOCCOCCN(C(c3ccc(N=C=S)cc3)c3cccc([C-]=O)n3)CCOCCOCC2)n1.[Na+].[Na+].[OH-].[OH-]. The molecule has 13 nitrogen and oxygen atoms in total. The van der Waals surface area contributed by atoms with Crippen LogP contribution in [0.1, 0.15) is 34.4 Å². The number of ether oxygens (including phenoxy) is 4. The fraction of sp³-hybridized carbons (Fsp3) is 0.424. The molecule has 0 saturated carbocycles. The van der Waals surface area contributed by atoms with Crippen LogP contribution in [0.5, 0.6) is 0 Å². The number of carbonyl (C=O) groups excluding carboxylic acids is 2. The first kappa shape index (κ1) is 47.3. The smallest absolute Gasteiger partial charge is 0.870 e. The molecular weight excluding hydrogens is 672 g/mol. The van der Waals surface area contributed by atoms with Crippen LogP contribution in [0.15, 0.2) is 65.7 Å². The molecule has 1 saturated heterocycles. The summed E-state index contributed by atoms with van der Waals surface area (Å²) in [5.41, 5.74) is 3.71. The van der Waals surface area contributed by atoms with Gasteiger partial charge in [0.05, 0.1) is 75.4 Å². The molecule has 0 aliphatic carbocycles. The second kappa shape index (κ2) is 28.0. The van der Waals surface area contributed by atoms with E-state index in [1.165, 1.54) is 0 Å². The number of thiocarbonyl (C=S) groups is 1. The Morgan fingerprint density at radius 1 is 0.714 bits per heavy atom. The van der Waals surface area contributed by atoms with Gasteiger partial charge < -0.3 is 39.5 Å². The molecule has 2 aromatic heterocycles. The van der Waals surface area contributed by atoms with E-state index in [9.17, 15) is 9.59 Å². The number of aliphatic imine (C=N–C) groups is 1. The molecule has 1 atom stereocenters. The number of aromatic nitrogens is 2. The second-order valence-electron chi connectivity index (χ2n) is 10.1. The van der Waals surface area contributed by atoms with Crippen LogP contribution in [0.2, 0.25) is 0 Å². The Labute approximate surface area is 337 Å². The van der Waals surface area contributed by atoms with E-state index in [1.54, 1.807) is 18.2 Å². The molecule has 4 rings (SSSR count). The predicted molar refractivity (Wildman–Crippen MR) is 175 cm³/mol. The van der Waals surface area contributed by atoms with Crippen LogP contribution in [0.3, 0.4) is 0 Å². The quantitative estimate of drug-likeness (QED) is 0.0988. The fourth-order valence-corrected chi connectivity index (χ4v) is 5.01. The third-order valence-electron chi connectivity index (χ3n) is 7.09. The molecule has 1 aromatic carbocycles. The van der Waals surface area contributed by atoms with E-state index in [0.717, 1.165) is 11.3 Å². The van der Waals surface area contributed by atoms with Crippen molar-refractivity contribution in [2.24, 2.45) is 4.99 Å². The van der Waals surface area contributed by atoms with Gasteiger partial charge in [-0.15, -0.1) is 12.1 Å². The molecule has 0 spiro atoms. The van der Waals surface area contributed by atoms with Crippen molar-refractivity contribution in [2.75, 3.05) is 79.0 Å². The van der Waals surface area contributed by atoms with E-state index in [0.29, 0.717) is 103 Å². The first-order chi connectivity index (χ1) is 22.2. The van der Waals surface area contributed by atoms with Crippen LogP contribution in [0.4, 0.5) is 5.69 Å². The summed E-state index contributed by atoms with van der Waals surface area (Å²) in [6.07, 6.45) is 3.74. The van der Waals surface area contributed by atoms with Crippen molar-refractivity contribution in [3.8, 4) is 0 Å². The van der Waals surface area contributed by atoms with Gasteiger partial charge in [-0.05, 0) is 29.9 Å². The molecule has 1 aliphatic rings. The molecule has 254 valence electrons. The molecule has 49 heavy (non-hydrogen) atoms. The maximum atomic E-state index is 11.4. The van der Waals surface area contributed by atoms with Crippen molar-refractivity contribution >= 4 is 35.6 Å². The van der Waals surface area contributed by atoms with E-state index in [1.807, 2.05) is 55.0 Å². The Balaban J connectivity index is 0.00000576. The van der Waals surface area contributed by atoms with E-state index >= 15 is 0 Å². The van der Waals surface area contributed by atoms with Crippen molar-refractivity contribution in [1.29, 1.82) is 0 Å². The number of pyridine rings is 2. The van der Waals surface area contributed by atoms with Crippen LogP contribution in [-0.4, -0.2) is 127 Å². The first-order valence-electron chi connectivity index (χ1n) is 14.8. The van der Waals surface area contributed by atoms with E-state index in [4.69, 9.17) is 31.2 Å². The number of rotatable bonds is 8. The minimum Gasteiger partial charge on any atom is -0.870 e. The van der Waals surface area contributed by atoms with Gasteiger partial charge in [0.25, 0.3) is 0 Å². The number of nitrogens with zero attached hydrogens (tertiary/aromatic N) is 5. The summed E-state index contributed by atoms with van der Waals surface area (Å²) in [6, 6.07) is 18.1. The Bertz CT molecular complexity index is 1390. The predicted octanol–water partition coefficient (Wildman–Crippen LogP) is -3.25. The van der Waals surface area contributed by atoms with Gasteiger partial charge in [0.2, 0.25) is 0 Å². The molecule has 1 fully saturated rings. The topological polar surface area (TPSA) is 176 Å². The number of isothiocyanates is 1. The van der Waals surface area contributed by atoms with E-state index < -0.39 is 0 Å². The summed E-state index contributed by atoms with van der Waals surface area (Å²) in [5.74, 6) is 0. The second-order valence-corrected chi connectivity index (χ2v) is 10.3. The van der Waals surface area contributed by atoms with Gasteiger partial charge in [0.1, 0.15) is 0 Å². The summed E-state index contributed by atoms with van der Waals surface area (Å²) in [6.45, 7) is 6.79. The number of hydrogen-bond acceptors (Lipinski definition) is 14. The molecule has 1 unspecified atom stereocenters. The van der Waals surface area contributed by atoms with Crippen LogP contribution >= 0.6 is 12.2 Å². The zero-order valence-electron chi connectivity index (χ0n) is 28.0. The van der Waals surface area contributed by atoms with E-state index in [-0.39, 0.29) is 81.8 Å². The summed E-state index contributed by atoms with van der Waals surface area (Å²) >= 11 is 4.75. The summed E-state index contributed by atoms with van der Waals surface area (Å²) in [7, 11) is 0. The molecule has 0 radical (unpaired) electrons. The molecule has 3 heterocycles. The molecular formula is C33H39N5Na2O8S-2. The first-order valence-corrected chi connectivity index (χ1v) is 15.3. The Kier molecular flexibility index (Phi) is 27.0. The molecule has 2 N–H and O–H groups in total. The van der Waals surface area contributed by atoms with Crippen LogP contribution in [0, 0.1) is 0 Å². The molecule has 0 bridgehead atoms. The monoisotopic (exact) mass is 711 g/mol. The van der Waals surface area contributed by atoms with Gasteiger partial charge in [-0.1, -0.05) is 35.7 Å². The summed E-state index contributed by atoms with van der Waals surface area (Å²) < 4.78 is 23.7. The van der Waals surface area contributed by atoms with Crippen molar-refractivity contribution < 1.29 is 98.6 Å². The minimum atomic E-state index is -0.278. The normalized spacial score (nSPS) is 16.2. The fourth-order valence-electron chi connectivity index (χ4n) is 4.90. The largest absolute Gasteiger partial charge is 1.00 e. The van der Waals surface area contributed by atoms with Crippen LogP contribution in [0.25, 0.3) is 0 Å². The van der Waals surface area contributed by atoms with Gasteiger partial charge in [-0.2, -0.15) is 17.1 Å². The van der Waals surface area contributed by atoms with Gasteiger partial charge in [-0.25, -0.2) is 0 Å². The average molecular weight is 712 g/mol. The molecule has 16 heteroatoms. The van der Waals surface area contributed by atoms with E-state index in [2.05, 4.69) is 29.9 Å². The van der Waals surface area contributed by atoms with Gasteiger partial charge in [-0.3, -0.25) is 19.8 Å². The van der Waals surface area contributed by atoms with Crippen LogP contribution in [-0.2, 0) is 35.1 Å². The van der Waals surface area contributed by atoms with Gasteiger partial charge >= 0.3 is 59.1 Å². The van der Waals surface area contributed by atoms with Crippen molar-refractivity contribution in [1.82, 2.24) is 19.8 Å². The molecule has 1 aliphatic heterocycles. The zero-order chi connectivity index (χ0) is 31.5. The maximum absolute atomic E-state index is 11.4.